The second-order valence-corrected chi connectivity index (χ2v) is 1.90. The van der Waals surface area contributed by atoms with Gasteiger partial charge >= 0.3 is 0 Å². The molecule has 0 spiro atoms. The summed E-state index contributed by atoms with van der Waals surface area (Å²) in [6, 6.07) is 0. The molecule has 0 bridgehead atoms. The van der Waals surface area contributed by atoms with Crippen LogP contribution in [0.15, 0.2) is 12.7 Å². The standard InChI is InChI=1S/C7H13O/c1-3-5-6-7(8)4-2/h3,7H,1,4-6H2,2H3. The molecule has 1 nitrogen and oxygen atoms in total. The van der Waals surface area contributed by atoms with Crippen molar-refractivity contribution in [3.63, 3.8) is 0 Å². The highest BCUT2D eigenvalue weighted by molar-refractivity contribution is 4.67. The van der Waals surface area contributed by atoms with Gasteiger partial charge in [0.1, 0.15) is 0 Å². The topological polar surface area (TPSA) is 19.9 Å². The molecule has 0 aromatic rings. The lowest BCUT2D eigenvalue weighted by atomic mass is 10.1. The largest absolute Gasteiger partial charge is 0.233 e. The Morgan fingerprint density at radius 1 is 1.75 bits per heavy atom. The third kappa shape index (κ3) is 3.88. The Hall–Kier alpha value is -0.300. The van der Waals surface area contributed by atoms with Gasteiger partial charge in [-0.3, -0.25) is 0 Å². The fourth-order valence-electron chi connectivity index (χ4n) is 0.508. The van der Waals surface area contributed by atoms with Gasteiger partial charge in [0.25, 0.3) is 0 Å². The molecule has 1 heteroatoms. The van der Waals surface area contributed by atoms with Crippen molar-refractivity contribution in [2.75, 3.05) is 0 Å². The van der Waals surface area contributed by atoms with Crippen molar-refractivity contribution in [3.8, 4) is 0 Å². The highest BCUT2D eigenvalue weighted by Gasteiger charge is 1.98. The van der Waals surface area contributed by atoms with E-state index < -0.39 is 0 Å². The molecule has 0 aliphatic heterocycles. The Morgan fingerprint density at radius 2 is 2.38 bits per heavy atom. The summed E-state index contributed by atoms with van der Waals surface area (Å²) in [5, 5.41) is 10.6. The molecular weight excluding hydrogens is 100 g/mol. The van der Waals surface area contributed by atoms with Gasteiger partial charge in [-0.2, -0.15) is 0 Å². The van der Waals surface area contributed by atoms with Gasteiger partial charge in [0.2, 0.25) is 0 Å². The van der Waals surface area contributed by atoms with Gasteiger partial charge in [-0.05, 0) is 19.3 Å². The van der Waals surface area contributed by atoms with Gasteiger partial charge in [0.05, 0.1) is 6.10 Å². The first-order valence-electron chi connectivity index (χ1n) is 3.08. The first-order chi connectivity index (χ1) is 3.81. The normalized spacial score (nSPS) is 13.2. The zero-order chi connectivity index (χ0) is 6.41. The molecule has 0 aliphatic carbocycles. The van der Waals surface area contributed by atoms with E-state index in [0.29, 0.717) is 0 Å². The summed E-state index contributed by atoms with van der Waals surface area (Å²) in [5.41, 5.74) is 0. The maximum absolute atomic E-state index is 10.6. The van der Waals surface area contributed by atoms with E-state index in [1.54, 1.807) is 6.08 Å². The van der Waals surface area contributed by atoms with Gasteiger partial charge < -0.3 is 0 Å². The average Bonchev–Trinajstić information content (AvgIpc) is 1.83. The lowest BCUT2D eigenvalue weighted by Gasteiger charge is -1.99. The van der Waals surface area contributed by atoms with Crippen LogP contribution in [0.3, 0.4) is 0 Å². The molecule has 0 N–H and O–H groups in total. The average molecular weight is 113 g/mol. The summed E-state index contributed by atoms with van der Waals surface area (Å²) in [5.74, 6) is 0. The first-order valence-corrected chi connectivity index (χ1v) is 3.08. The Balaban J connectivity index is 2.97. The molecule has 8 heavy (non-hydrogen) atoms. The third-order valence-corrected chi connectivity index (χ3v) is 1.15. The predicted molar refractivity (Wildman–Crippen MR) is 34.2 cm³/mol. The minimum absolute atomic E-state index is 0.368. The zero-order valence-corrected chi connectivity index (χ0v) is 5.39. The molecule has 1 radical (unpaired) electrons. The molecule has 0 aromatic heterocycles. The number of hydrogen-bond acceptors (Lipinski definition) is 0. The molecule has 0 amide bonds. The maximum Gasteiger partial charge on any atom is 0.0930 e. The van der Waals surface area contributed by atoms with Crippen LogP contribution in [0, 0.1) is 0 Å². The van der Waals surface area contributed by atoms with E-state index >= 15 is 0 Å². The van der Waals surface area contributed by atoms with E-state index in [0.717, 1.165) is 19.3 Å². The quantitative estimate of drug-likeness (QED) is 0.498. The van der Waals surface area contributed by atoms with Crippen LogP contribution >= 0.6 is 0 Å². The Kier molecular flexibility index (Phi) is 4.67. The van der Waals surface area contributed by atoms with Crippen LogP contribution in [-0.2, 0) is 5.11 Å². The fraction of sp³-hybridized carbons (Fsp3) is 0.714. The molecule has 47 valence electrons. The zero-order valence-electron chi connectivity index (χ0n) is 5.39. The molecule has 0 saturated heterocycles. The fourth-order valence-corrected chi connectivity index (χ4v) is 0.508. The molecule has 0 heterocycles. The van der Waals surface area contributed by atoms with E-state index in [2.05, 4.69) is 6.58 Å². The van der Waals surface area contributed by atoms with Crippen molar-refractivity contribution < 1.29 is 5.11 Å². The van der Waals surface area contributed by atoms with Crippen molar-refractivity contribution in [1.29, 1.82) is 0 Å². The van der Waals surface area contributed by atoms with Crippen molar-refractivity contribution in [2.24, 2.45) is 0 Å². The molecule has 0 rings (SSSR count). The highest BCUT2D eigenvalue weighted by Crippen LogP contribution is 2.00. The Labute approximate surface area is 51.0 Å². The SMILES string of the molecule is C=CCCC([O])CC. The minimum atomic E-state index is -0.368. The number of hydrogen-bond donors (Lipinski definition) is 0. The molecule has 0 fully saturated rings. The van der Waals surface area contributed by atoms with Gasteiger partial charge in [0, 0.05) is 0 Å². The molecule has 0 aromatic carbocycles. The van der Waals surface area contributed by atoms with E-state index in [4.69, 9.17) is 0 Å². The summed E-state index contributed by atoms with van der Waals surface area (Å²) in [6.07, 6.45) is 3.78. The third-order valence-electron chi connectivity index (χ3n) is 1.15. The summed E-state index contributed by atoms with van der Waals surface area (Å²) in [7, 11) is 0. The van der Waals surface area contributed by atoms with E-state index in [-0.39, 0.29) is 6.10 Å². The smallest absolute Gasteiger partial charge is 0.0930 e. The maximum atomic E-state index is 10.6. The monoisotopic (exact) mass is 113 g/mol. The van der Waals surface area contributed by atoms with Crippen LogP contribution < -0.4 is 0 Å². The van der Waals surface area contributed by atoms with Gasteiger partial charge in [-0.25, -0.2) is 5.11 Å². The first kappa shape index (κ1) is 7.70. The van der Waals surface area contributed by atoms with Crippen LogP contribution in [0.1, 0.15) is 26.2 Å². The lowest BCUT2D eigenvalue weighted by molar-refractivity contribution is 0.0789. The van der Waals surface area contributed by atoms with Crippen molar-refractivity contribution in [1.82, 2.24) is 0 Å². The van der Waals surface area contributed by atoms with E-state index in [1.807, 2.05) is 6.92 Å². The summed E-state index contributed by atoms with van der Waals surface area (Å²) in [6.45, 7) is 5.45. The van der Waals surface area contributed by atoms with Gasteiger partial charge in [-0.15, -0.1) is 6.58 Å². The number of allylic oxidation sites excluding steroid dienone is 1. The molecule has 1 unspecified atom stereocenters. The van der Waals surface area contributed by atoms with Crippen molar-refractivity contribution in [3.05, 3.63) is 12.7 Å². The lowest BCUT2D eigenvalue weighted by Crippen LogP contribution is -1.99. The second-order valence-electron chi connectivity index (χ2n) is 1.90. The van der Waals surface area contributed by atoms with Crippen molar-refractivity contribution >= 4 is 0 Å². The summed E-state index contributed by atoms with van der Waals surface area (Å²) < 4.78 is 0. The molecular formula is C7H13O. The van der Waals surface area contributed by atoms with Crippen LogP contribution in [0.4, 0.5) is 0 Å². The second kappa shape index (κ2) is 4.85. The van der Waals surface area contributed by atoms with E-state index in [9.17, 15) is 5.11 Å². The predicted octanol–water partition coefficient (Wildman–Crippen LogP) is 2.16. The van der Waals surface area contributed by atoms with Crippen LogP contribution in [0.5, 0.6) is 0 Å². The Morgan fingerprint density at radius 3 is 2.75 bits per heavy atom. The van der Waals surface area contributed by atoms with Crippen LogP contribution in [0.25, 0.3) is 0 Å². The van der Waals surface area contributed by atoms with Gasteiger partial charge in [-0.1, -0.05) is 13.0 Å². The highest BCUT2D eigenvalue weighted by atomic mass is 16.3. The van der Waals surface area contributed by atoms with Crippen molar-refractivity contribution in [2.45, 2.75) is 32.3 Å². The summed E-state index contributed by atoms with van der Waals surface area (Å²) >= 11 is 0. The minimum Gasteiger partial charge on any atom is -0.233 e. The van der Waals surface area contributed by atoms with E-state index in [1.165, 1.54) is 0 Å². The van der Waals surface area contributed by atoms with Crippen LogP contribution in [0.2, 0.25) is 0 Å². The molecule has 0 aliphatic rings. The number of rotatable bonds is 4. The van der Waals surface area contributed by atoms with Gasteiger partial charge in [0.15, 0.2) is 0 Å². The summed E-state index contributed by atoms with van der Waals surface area (Å²) in [4.78, 5) is 0. The molecule has 0 saturated carbocycles. The van der Waals surface area contributed by atoms with Crippen LogP contribution in [-0.4, -0.2) is 6.10 Å². The molecule has 1 atom stereocenters. The Bertz CT molecular complexity index is 59.4.